The van der Waals surface area contributed by atoms with Crippen molar-refractivity contribution in [1.29, 1.82) is 0 Å². The zero-order chi connectivity index (χ0) is 14.5. The van der Waals surface area contributed by atoms with Gasteiger partial charge in [0, 0.05) is 4.47 Å². The third-order valence-corrected chi connectivity index (χ3v) is 4.11. The van der Waals surface area contributed by atoms with E-state index in [2.05, 4.69) is 15.9 Å². The zero-order valence-corrected chi connectivity index (χ0v) is 12.5. The van der Waals surface area contributed by atoms with Gasteiger partial charge in [-0.05, 0) is 48.6 Å². The van der Waals surface area contributed by atoms with Crippen molar-refractivity contribution in [1.82, 2.24) is 0 Å². The topological polar surface area (TPSA) is 26.0 Å². The van der Waals surface area contributed by atoms with Gasteiger partial charge in [-0.1, -0.05) is 46.3 Å². The second-order valence-corrected chi connectivity index (χ2v) is 5.67. The number of nitrogens with two attached hydrogens (primary N) is 1. The first-order valence-electron chi connectivity index (χ1n) is 6.48. The third kappa shape index (κ3) is 3.64. The molecule has 0 radical (unpaired) electrons. The summed E-state index contributed by atoms with van der Waals surface area (Å²) in [6.07, 6.45) is 1.16. The SMILES string of the molecule is NCC(Cc1ccccc1Br)Cc1cccc(F)c1F. The molecule has 4 heteroatoms. The van der Waals surface area contributed by atoms with Gasteiger partial charge < -0.3 is 5.73 Å². The van der Waals surface area contributed by atoms with Crippen LogP contribution in [0.4, 0.5) is 8.78 Å². The summed E-state index contributed by atoms with van der Waals surface area (Å²) in [4.78, 5) is 0. The van der Waals surface area contributed by atoms with Crippen molar-refractivity contribution in [3.8, 4) is 0 Å². The molecule has 1 unspecified atom stereocenters. The van der Waals surface area contributed by atoms with Gasteiger partial charge in [-0.2, -0.15) is 0 Å². The molecule has 2 aromatic carbocycles. The Balaban J connectivity index is 2.14. The molecule has 20 heavy (non-hydrogen) atoms. The van der Waals surface area contributed by atoms with E-state index in [-0.39, 0.29) is 5.92 Å². The van der Waals surface area contributed by atoms with E-state index in [1.54, 1.807) is 6.07 Å². The van der Waals surface area contributed by atoms with Gasteiger partial charge in [-0.15, -0.1) is 0 Å². The Morgan fingerprint density at radius 1 is 0.950 bits per heavy atom. The van der Waals surface area contributed by atoms with E-state index in [0.29, 0.717) is 18.5 Å². The van der Waals surface area contributed by atoms with E-state index in [1.807, 2.05) is 24.3 Å². The Morgan fingerprint density at radius 3 is 2.30 bits per heavy atom. The van der Waals surface area contributed by atoms with Crippen LogP contribution >= 0.6 is 15.9 Å². The number of hydrogen-bond donors (Lipinski definition) is 1. The summed E-state index contributed by atoms with van der Waals surface area (Å²) in [7, 11) is 0. The van der Waals surface area contributed by atoms with E-state index in [0.717, 1.165) is 22.5 Å². The highest BCUT2D eigenvalue weighted by Gasteiger charge is 2.15. The molecule has 2 N–H and O–H groups in total. The lowest BCUT2D eigenvalue weighted by atomic mass is 9.92. The fourth-order valence-corrected chi connectivity index (χ4v) is 2.68. The van der Waals surface area contributed by atoms with Crippen LogP contribution in [0.2, 0.25) is 0 Å². The van der Waals surface area contributed by atoms with E-state index >= 15 is 0 Å². The molecule has 2 aromatic rings. The Hall–Kier alpha value is -1.26. The molecule has 1 nitrogen and oxygen atoms in total. The fraction of sp³-hybridized carbons (Fsp3) is 0.250. The zero-order valence-electron chi connectivity index (χ0n) is 11.0. The lowest BCUT2D eigenvalue weighted by molar-refractivity contribution is 0.473. The Bertz CT molecular complexity index is 586. The van der Waals surface area contributed by atoms with Crippen LogP contribution in [0.25, 0.3) is 0 Å². The van der Waals surface area contributed by atoms with E-state index in [4.69, 9.17) is 5.73 Å². The van der Waals surface area contributed by atoms with Crippen LogP contribution in [-0.4, -0.2) is 6.54 Å². The molecule has 0 saturated carbocycles. The smallest absolute Gasteiger partial charge is 0.162 e. The summed E-state index contributed by atoms with van der Waals surface area (Å²) in [6.45, 7) is 0.428. The average molecular weight is 340 g/mol. The van der Waals surface area contributed by atoms with Crippen LogP contribution in [0.15, 0.2) is 46.9 Å². The highest BCUT2D eigenvalue weighted by molar-refractivity contribution is 9.10. The van der Waals surface area contributed by atoms with Crippen molar-refractivity contribution in [3.63, 3.8) is 0 Å². The van der Waals surface area contributed by atoms with Crippen molar-refractivity contribution in [3.05, 3.63) is 69.7 Å². The fourth-order valence-electron chi connectivity index (χ4n) is 2.23. The Labute approximate surface area is 125 Å². The first-order valence-corrected chi connectivity index (χ1v) is 7.27. The maximum Gasteiger partial charge on any atom is 0.162 e. The van der Waals surface area contributed by atoms with Crippen molar-refractivity contribution in [2.45, 2.75) is 12.8 Å². The average Bonchev–Trinajstić information content (AvgIpc) is 2.45. The van der Waals surface area contributed by atoms with Gasteiger partial charge in [-0.3, -0.25) is 0 Å². The molecule has 0 aromatic heterocycles. The summed E-state index contributed by atoms with van der Waals surface area (Å²) >= 11 is 3.49. The normalized spacial score (nSPS) is 12.4. The Kier molecular flexibility index (Phi) is 5.26. The van der Waals surface area contributed by atoms with Crippen molar-refractivity contribution >= 4 is 15.9 Å². The van der Waals surface area contributed by atoms with Crippen LogP contribution in [0.3, 0.4) is 0 Å². The van der Waals surface area contributed by atoms with Gasteiger partial charge in [0.1, 0.15) is 0 Å². The standard InChI is InChI=1S/C16H16BrF2N/c17-14-6-2-1-4-12(14)8-11(10-20)9-13-5-3-7-15(18)16(13)19/h1-7,11H,8-10,20H2. The predicted octanol–water partition coefficient (Wildman–Crippen LogP) is 4.09. The minimum Gasteiger partial charge on any atom is -0.330 e. The van der Waals surface area contributed by atoms with Crippen LogP contribution in [0, 0.1) is 17.6 Å². The number of halogens is 3. The minimum absolute atomic E-state index is 0.0741. The van der Waals surface area contributed by atoms with Gasteiger partial charge in [0.2, 0.25) is 0 Å². The van der Waals surface area contributed by atoms with Crippen LogP contribution < -0.4 is 5.73 Å². The number of rotatable bonds is 5. The molecule has 0 aliphatic heterocycles. The molecule has 106 valence electrons. The van der Waals surface area contributed by atoms with Gasteiger partial charge in [0.15, 0.2) is 11.6 Å². The van der Waals surface area contributed by atoms with Crippen LogP contribution in [-0.2, 0) is 12.8 Å². The summed E-state index contributed by atoms with van der Waals surface area (Å²) in [5, 5.41) is 0. The molecule has 0 spiro atoms. The van der Waals surface area contributed by atoms with Gasteiger partial charge in [0.05, 0.1) is 0 Å². The van der Waals surface area contributed by atoms with Gasteiger partial charge in [-0.25, -0.2) is 8.78 Å². The number of benzene rings is 2. The summed E-state index contributed by atoms with van der Waals surface area (Å²) < 4.78 is 27.9. The highest BCUT2D eigenvalue weighted by atomic mass is 79.9. The molecule has 0 aliphatic rings. The van der Waals surface area contributed by atoms with E-state index in [1.165, 1.54) is 6.07 Å². The van der Waals surface area contributed by atoms with Crippen LogP contribution in [0.5, 0.6) is 0 Å². The summed E-state index contributed by atoms with van der Waals surface area (Å²) in [5.41, 5.74) is 7.28. The number of hydrogen-bond acceptors (Lipinski definition) is 1. The van der Waals surface area contributed by atoms with Gasteiger partial charge >= 0.3 is 0 Å². The van der Waals surface area contributed by atoms with Crippen molar-refractivity contribution in [2.75, 3.05) is 6.54 Å². The predicted molar refractivity (Wildman–Crippen MR) is 80.5 cm³/mol. The van der Waals surface area contributed by atoms with E-state index in [9.17, 15) is 8.78 Å². The van der Waals surface area contributed by atoms with E-state index < -0.39 is 11.6 Å². The van der Waals surface area contributed by atoms with Crippen LogP contribution in [0.1, 0.15) is 11.1 Å². The molecule has 1 atom stereocenters. The first kappa shape index (κ1) is 15.1. The monoisotopic (exact) mass is 339 g/mol. The quantitative estimate of drug-likeness (QED) is 0.872. The first-order chi connectivity index (χ1) is 9.61. The summed E-state index contributed by atoms with van der Waals surface area (Å²) in [6, 6.07) is 12.1. The summed E-state index contributed by atoms with van der Waals surface area (Å²) in [5.74, 6) is -1.50. The largest absolute Gasteiger partial charge is 0.330 e. The molecular formula is C16H16BrF2N. The van der Waals surface area contributed by atoms with Gasteiger partial charge in [0.25, 0.3) is 0 Å². The molecule has 0 heterocycles. The lowest BCUT2D eigenvalue weighted by Crippen LogP contribution is -2.20. The maximum atomic E-state index is 13.7. The molecule has 0 bridgehead atoms. The lowest BCUT2D eigenvalue weighted by Gasteiger charge is -2.16. The molecule has 2 rings (SSSR count). The minimum atomic E-state index is -0.806. The molecule has 0 aliphatic carbocycles. The third-order valence-electron chi connectivity index (χ3n) is 3.34. The second-order valence-electron chi connectivity index (χ2n) is 4.81. The molecule has 0 saturated heterocycles. The molecular weight excluding hydrogens is 324 g/mol. The van der Waals surface area contributed by atoms with Crippen molar-refractivity contribution < 1.29 is 8.78 Å². The Morgan fingerprint density at radius 2 is 1.60 bits per heavy atom. The maximum absolute atomic E-state index is 13.7. The second kappa shape index (κ2) is 6.95. The van der Waals surface area contributed by atoms with Crippen molar-refractivity contribution in [2.24, 2.45) is 11.7 Å². The highest BCUT2D eigenvalue weighted by Crippen LogP contribution is 2.22. The molecule has 0 amide bonds. The molecule has 0 fully saturated rings.